The van der Waals surface area contributed by atoms with Crippen molar-refractivity contribution in [1.29, 1.82) is 0 Å². The summed E-state index contributed by atoms with van der Waals surface area (Å²) in [5, 5.41) is 3.46. The number of nitrogens with zero attached hydrogens (tertiary/aromatic N) is 1. The maximum absolute atomic E-state index is 5.46. The number of hydrogen-bond acceptors (Lipinski definition) is 3. The number of benzene rings is 1. The van der Waals surface area contributed by atoms with Crippen molar-refractivity contribution in [2.24, 2.45) is 0 Å². The van der Waals surface area contributed by atoms with Crippen LogP contribution in [-0.2, 0) is 6.54 Å². The van der Waals surface area contributed by atoms with Crippen LogP contribution in [0.15, 0.2) is 22.7 Å². The molecule has 4 heteroatoms. The SMILES string of the molecule is CCNCC1CCCN1Cc1cc(Br)ccc1OC. The summed E-state index contributed by atoms with van der Waals surface area (Å²) in [6.07, 6.45) is 2.59. The van der Waals surface area contributed by atoms with E-state index in [9.17, 15) is 0 Å². The Hall–Kier alpha value is -0.580. The average Bonchev–Trinajstić information content (AvgIpc) is 2.84. The van der Waals surface area contributed by atoms with Gasteiger partial charge in [0, 0.05) is 29.2 Å². The molecule has 19 heavy (non-hydrogen) atoms. The van der Waals surface area contributed by atoms with Crippen molar-refractivity contribution in [1.82, 2.24) is 10.2 Å². The van der Waals surface area contributed by atoms with Crippen molar-refractivity contribution in [3.8, 4) is 5.75 Å². The highest BCUT2D eigenvalue weighted by atomic mass is 79.9. The Kier molecular flexibility index (Phi) is 5.67. The van der Waals surface area contributed by atoms with Crippen LogP contribution in [-0.4, -0.2) is 37.7 Å². The zero-order chi connectivity index (χ0) is 13.7. The molecule has 1 heterocycles. The molecule has 1 aromatic rings. The summed E-state index contributed by atoms with van der Waals surface area (Å²) in [7, 11) is 1.74. The highest BCUT2D eigenvalue weighted by molar-refractivity contribution is 9.10. The van der Waals surface area contributed by atoms with E-state index >= 15 is 0 Å². The lowest BCUT2D eigenvalue weighted by Gasteiger charge is -2.25. The number of methoxy groups -OCH3 is 1. The van der Waals surface area contributed by atoms with Crippen LogP contribution in [0, 0.1) is 0 Å². The molecule has 1 fully saturated rings. The first kappa shape index (κ1) is 14.8. The van der Waals surface area contributed by atoms with Gasteiger partial charge < -0.3 is 10.1 Å². The van der Waals surface area contributed by atoms with Crippen molar-refractivity contribution in [2.45, 2.75) is 32.4 Å². The second-order valence-corrected chi connectivity index (χ2v) is 5.95. The van der Waals surface area contributed by atoms with Crippen LogP contribution in [0.5, 0.6) is 5.75 Å². The number of halogens is 1. The number of ether oxygens (including phenoxy) is 1. The molecular weight excluding hydrogens is 304 g/mol. The molecule has 0 aliphatic carbocycles. The highest BCUT2D eigenvalue weighted by Gasteiger charge is 2.24. The van der Waals surface area contributed by atoms with Crippen LogP contribution >= 0.6 is 15.9 Å². The van der Waals surface area contributed by atoms with Crippen molar-refractivity contribution in [3.63, 3.8) is 0 Å². The Balaban J connectivity index is 2.05. The average molecular weight is 327 g/mol. The first-order valence-electron chi connectivity index (χ1n) is 7.01. The molecule has 0 bridgehead atoms. The molecule has 1 aromatic carbocycles. The van der Waals surface area contributed by atoms with Gasteiger partial charge in [0.15, 0.2) is 0 Å². The Morgan fingerprint density at radius 3 is 3.05 bits per heavy atom. The van der Waals surface area contributed by atoms with E-state index in [-0.39, 0.29) is 0 Å². The third kappa shape index (κ3) is 3.94. The monoisotopic (exact) mass is 326 g/mol. The summed E-state index contributed by atoms with van der Waals surface area (Å²) in [6.45, 7) is 6.46. The standard InChI is InChI=1S/C15H23BrN2O/c1-3-17-10-14-5-4-8-18(14)11-12-9-13(16)6-7-15(12)19-2/h6-7,9,14,17H,3-5,8,10-11H2,1-2H3. The van der Waals surface area contributed by atoms with E-state index in [0.29, 0.717) is 6.04 Å². The molecule has 0 aromatic heterocycles. The van der Waals surface area contributed by atoms with Gasteiger partial charge in [0.25, 0.3) is 0 Å². The summed E-state index contributed by atoms with van der Waals surface area (Å²) in [6, 6.07) is 6.89. The van der Waals surface area contributed by atoms with Gasteiger partial charge in [0.1, 0.15) is 5.75 Å². The van der Waals surface area contributed by atoms with Gasteiger partial charge in [0.05, 0.1) is 7.11 Å². The van der Waals surface area contributed by atoms with Crippen LogP contribution in [0.1, 0.15) is 25.3 Å². The van der Waals surface area contributed by atoms with Gasteiger partial charge in [-0.05, 0) is 44.1 Å². The fraction of sp³-hybridized carbons (Fsp3) is 0.600. The van der Waals surface area contributed by atoms with Gasteiger partial charge in [-0.15, -0.1) is 0 Å². The summed E-state index contributed by atoms with van der Waals surface area (Å²) < 4.78 is 6.58. The predicted octanol–water partition coefficient (Wildman–Crippen LogP) is 3.03. The van der Waals surface area contributed by atoms with E-state index in [4.69, 9.17) is 4.74 Å². The van der Waals surface area contributed by atoms with Gasteiger partial charge in [-0.3, -0.25) is 4.90 Å². The van der Waals surface area contributed by atoms with Crippen LogP contribution in [0.3, 0.4) is 0 Å². The smallest absolute Gasteiger partial charge is 0.123 e. The molecular formula is C15H23BrN2O. The number of rotatable bonds is 6. The minimum Gasteiger partial charge on any atom is -0.496 e. The molecule has 1 unspecified atom stereocenters. The minimum atomic E-state index is 0.656. The first-order valence-corrected chi connectivity index (χ1v) is 7.81. The third-order valence-corrected chi connectivity index (χ3v) is 4.24. The fourth-order valence-electron chi connectivity index (χ4n) is 2.73. The molecule has 0 radical (unpaired) electrons. The molecule has 3 nitrogen and oxygen atoms in total. The molecule has 1 saturated heterocycles. The lowest BCUT2D eigenvalue weighted by molar-refractivity contribution is 0.236. The van der Waals surface area contributed by atoms with E-state index in [2.05, 4.69) is 39.1 Å². The number of hydrogen-bond donors (Lipinski definition) is 1. The third-order valence-electron chi connectivity index (χ3n) is 3.74. The predicted molar refractivity (Wildman–Crippen MR) is 82.7 cm³/mol. The highest BCUT2D eigenvalue weighted by Crippen LogP contribution is 2.27. The van der Waals surface area contributed by atoms with Gasteiger partial charge in [-0.2, -0.15) is 0 Å². The normalized spacial score (nSPS) is 19.8. The molecule has 1 N–H and O–H groups in total. The van der Waals surface area contributed by atoms with Gasteiger partial charge in [-0.25, -0.2) is 0 Å². The van der Waals surface area contributed by atoms with Crippen molar-refractivity contribution < 1.29 is 4.74 Å². The summed E-state index contributed by atoms with van der Waals surface area (Å²) >= 11 is 3.55. The Labute approximate surface area is 124 Å². The van der Waals surface area contributed by atoms with E-state index in [1.54, 1.807) is 7.11 Å². The van der Waals surface area contributed by atoms with E-state index in [1.165, 1.54) is 24.9 Å². The van der Waals surface area contributed by atoms with Crippen molar-refractivity contribution in [2.75, 3.05) is 26.7 Å². The van der Waals surface area contributed by atoms with E-state index in [0.717, 1.165) is 29.9 Å². The molecule has 1 aliphatic heterocycles. The molecule has 1 atom stereocenters. The number of likely N-dealkylation sites (tertiary alicyclic amines) is 1. The molecule has 1 aliphatic rings. The molecule has 0 spiro atoms. The number of likely N-dealkylation sites (N-methyl/N-ethyl adjacent to an activating group) is 1. The zero-order valence-corrected chi connectivity index (χ0v) is 13.4. The first-order chi connectivity index (χ1) is 9.24. The Morgan fingerprint density at radius 1 is 1.47 bits per heavy atom. The second-order valence-electron chi connectivity index (χ2n) is 5.03. The van der Waals surface area contributed by atoms with Gasteiger partial charge >= 0.3 is 0 Å². The summed E-state index contributed by atoms with van der Waals surface area (Å²) in [4.78, 5) is 2.56. The topological polar surface area (TPSA) is 24.5 Å². The zero-order valence-electron chi connectivity index (χ0n) is 11.8. The molecule has 0 saturated carbocycles. The minimum absolute atomic E-state index is 0.656. The van der Waals surface area contributed by atoms with Crippen LogP contribution in [0.25, 0.3) is 0 Å². The van der Waals surface area contributed by atoms with Gasteiger partial charge in [-0.1, -0.05) is 22.9 Å². The summed E-state index contributed by atoms with van der Waals surface area (Å²) in [5.74, 6) is 0.984. The van der Waals surface area contributed by atoms with Crippen LogP contribution in [0.4, 0.5) is 0 Å². The fourth-order valence-corrected chi connectivity index (χ4v) is 3.14. The Bertz CT molecular complexity index is 411. The van der Waals surface area contributed by atoms with Gasteiger partial charge in [0.2, 0.25) is 0 Å². The largest absolute Gasteiger partial charge is 0.496 e. The number of nitrogens with one attached hydrogen (secondary N) is 1. The maximum atomic E-state index is 5.46. The molecule has 2 rings (SSSR count). The second kappa shape index (κ2) is 7.27. The van der Waals surface area contributed by atoms with Crippen LogP contribution in [0.2, 0.25) is 0 Å². The molecule has 0 amide bonds. The quantitative estimate of drug-likeness (QED) is 0.869. The van der Waals surface area contributed by atoms with Crippen molar-refractivity contribution in [3.05, 3.63) is 28.2 Å². The van der Waals surface area contributed by atoms with Crippen molar-refractivity contribution >= 4 is 15.9 Å². The van der Waals surface area contributed by atoms with Crippen LogP contribution < -0.4 is 10.1 Å². The van der Waals surface area contributed by atoms with E-state index < -0.39 is 0 Å². The lowest BCUT2D eigenvalue weighted by atomic mass is 10.1. The lowest BCUT2D eigenvalue weighted by Crippen LogP contribution is -2.37. The maximum Gasteiger partial charge on any atom is 0.123 e. The Morgan fingerprint density at radius 2 is 2.32 bits per heavy atom. The molecule has 106 valence electrons. The summed E-state index contributed by atoms with van der Waals surface area (Å²) in [5.41, 5.74) is 1.26. The van der Waals surface area contributed by atoms with E-state index in [1.807, 2.05) is 12.1 Å².